The molecule has 1 amide bonds. The van der Waals surface area contributed by atoms with Crippen LogP contribution in [-0.4, -0.2) is 50.2 Å². The lowest BCUT2D eigenvalue weighted by molar-refractivity contribution is -0.133. The Morgan fingerprint density at radius 1 is 1.26 bits per heavy atom. The lowest BCUT2D eigenvalue weighted by Gasteiger charge is -2.27. The van der Waals surface area contributed by atoms with Gasteiger partial charge in [-0.2, -0.15) is 0 Å². The predicted octanol–water partition coefficient (Wildman–Crippen LogP) is 1.79. The van der Waals surface area contributed by atoms with Crippen LogP contribution in [0.1, 0.15) is 44.9 Å². The molecular weight excluding hydrogens is 240 g/mol. The SMILES string of the molecule is COCCN(CC1CCCN1)C(=O)CC1CCCC1. The van der Waals surface area contributed by atoms with E-state index in [1.54, 1.807) is 7.11 Å². The van der Waals surface area contributed by atoms with Gasteiger partial charge in [-0.3, -0.25) is 4.79 Å². The molecule has 1 N–H and O–H groups in total. The lowest BCUT2D eigenvalue weighted by atomic mass is 10.0. The van der Waals surface area contributed by atoms with Crippen molar-refractivity contribution in [2.45, 2.75) is 51.0 Å². The summed E-state index contributed by atoms with van der Waals surface area (Å²) < 4.78 is 5.14. The van der Waals surface area contributed by atoms with Crippen LogP contribution in [0.25, 0.3) is 0 Å². The summed E-state index contributed by atoms with van der Waals surface area (Å²) in [6.45, 7) is 3.33. The van der Waals surface area contributed by atoms with Crippen molar-refractivity contribution in [2.24, 2.45) is 5.92 Å². The number of carbonyl (C=O) groups is 1. The summed E-state index contributed by atoms with van der Waals surface area (Å²) in [5.74, 6) is 0.965. The molecule has 1 aliphatic carbocycles. The molecule has 2 aliphatic rings. The first-order valence-electron chi connectivity index (χ1n) is 7.79. The summed E-state index contributed by atoms with van der Waals surface area (Å²) >= 11 is 0. The Kier molecular flexibility index (Phi) is 6.11. The van der Waals surface area contributed by atoms with Gasteiger partial charge in [0.1, 0.15) is 0 Å². The van der Waals surface area contributed by atoms with Crippen LogP contribution in [-0.2, 0) is 9.53 Å². The van der Waals surface area contributed by atoms with E-state index in [2.05, 4.69) is 5.32 Å². The molecule has 2 fully saturated rings. The maximum absolute atomic E-state index is 12.4. The second-order valence-corrected chi connectivity index (χ2v) is 5.98. The standard InChI is InChI=1S/C15H28N2O2/c1-19-10-9-17(12-14-7-4-8-16-14)15(18)11-13-5-2-3-6-13/h13-14,16H,2-12H2,1H3. The van der Waals surface area contributed by atoms with Crippen molar-refractivity contribution >= 4 is 5.91 Å². The van der Waals surface area contributed by atoms with Crippen molar-refractivity contribution in [3.8, 4) is 0 Å². The highest BCUT2D eigenvalue weighted by molar-refractivity contribution is 5.76. The predicted molar refractivity (Wildman–Crippen MR) is 76.1 cm³/mol. The van der Waals surface area contributed by atoms with E-state index in [0.717, 1.165) is 26.1 Å². The van der Waals surface area contributed by atoms with Crippen molar-refractivity contribution in [1.29, 1.82) is 0 Å². The molecule has 1 saturated carbocycles. The van der Waals surface area contributed by atoms with Crippen LogP contribution in [0, 0.1) is 5.92 Å². The maximum atomic E-state index is 12.4. The largest absolute Gasteiger partial charge is 0.383 e. The third kappa shape index (κ3) is 4.77. The first-order valence-corrected chi connectivity index (χ1v) is 7.79. The van der Waals surface area contributed by atoms with Crippen LogP contribution < -0.4 is 5.32 Å². The molecule has 1 atom stereocenters. The highest BCUT2D eigenvalue weighted by atomic mass is 16.5. The fourth-order valence-electron chi connectivity index (χ4n) is 3.29. The lowest BCUT2D eigenvalue weighted by Crippen LogP contribution is -2.43. The summed E-state index contributed by atoms with van der Waals surface area (Å²) in [6.07, 6.45) is 8.27. The molecule has 4 nitrogen and oxygen atoms in total. The van der Waals surface area contributed by atoms with E-state index in [4.69, 9.17) is 4.74 Å². The number of rotatable bonds is 7. The first kappa shape index (κ1) is 14.8. The molecule has 1 saturated heterocycles. The van der Waals surface area contributed by atoms with Gasteiger partial charge in [0.05, 0.1) is 6.61 Å². The molecular formula is C15H28N2O2. The monoisotopic (exact) mass is 268 g/mol. The van der Waals surface area contributed by atoms with Gasteiger partial charge in [-0.25, -0.2) is 0 Å². The van der Waals surface area contributed by atoms with Gasteiger partial charge in [-0.15, -0.1) is 0 Å². The number of methoxy groups -OCH3 is 1. The molecule has 0 spiro atoms. The van der Waals surface area contributed by atoms with Crippen molar-refractivity contribution in [1.82, 2.24) is 10.2 Å². The quantitative estimate of drug-likeness (QED) is 0.765. The second kappa shape index (κ2) is 7.85. The topological polar surface area (TPSA) is 41.6 Å². The smallest absolute Gasteiger partial charge is 0.222 e. The van der Waals surface area contributed by atoms with Gasteiger partial charge in [-0.05, 0) is 38.1 Å². The molecule has 0 bridgehead atoms. The number of nitrogens with one attached hydrogen (secondary N) is 1. The van der Waals surface area contributed by atoms with Crippen molar-refractivity contribution in [2.75, 3.05) is 33.4 Å². The van der Waals surface area contributed by atoms with E-state index < -0.39 is 0 Å². The second-order valence-electron chi connectivity index (χ2n) is 5.98. The van der Waals surface area contributed by atoms with Crippen molar-refractivity contribution < 1.29 is 9.53 Å². The molecule has 2 rings (SSSR count). The molecule has 0 radical (unpaired) electrons. The maximum Gasteiger partial charge on any atom is 0.222 e. The van der Waals surface area contributed by atoms with E-state index in [-0.39, 0.29) is 0 Å². The average Bonchev–Trinajstić information content (AvgIpc) is 3.07. The van der Waals surface area contributed by atoms with Crippen LogP contribution in [0.15, 0.2) is 0 Å². The molecule has 4 heteroatoms. The number of nitrogens with zero attached hydrogens (tertiary/aromatic N) is 1. The number of hydrogen-bond acceptors (Lipinski definition) is 3. The van der Waals surface area contributed by atoms with E-state index >= 15 is 0 Å². The minimum atomic E-state index is 0.331. The van der Waals surface area contributed by atoms with E-state index in [9.17, 15) is 4.79 Å². The Bertz CT molecular complexity index is 271. The third-order valence-electron chi connectivity index (χ3n) is 4.46. The molecule has 0 aromatic rings. The van der Waals surface area contributed by atoms with Crippen LogP contribution in [0.5, 0.6) is 0 Å². The Labute approximate surface area is 116 Å². The van der Waals surface area contributed by atoms with Gasteiger partial charge in [0.25, 0.3) is 0 Å². The molecule has 1 heterocycles. The Balaban J connectivity index is 1.81. The minimum Gasteiger partial charge on any atom is -0.383 e. The zero-order chi connectivity index (χ0) is 13.5. The Morgan fingerprint density at radius 2 is 2.05 bits per heavy atom. The van der Waals surface area contributed by atoms with Crippen molar-refractivity contribution in [3.63, 3.8) is 0 Å². The fraction of sp³-hybridized carbons (Fsp3) is 0.933. The molecule has 1 unspecified atom stereocenters. The molecule has 110 valence electrons. The summed E-state index contributed by atoms with van der Waals surface area (Å²) in [5, 5.41) is 3.48. The zero-order valence-corrected chi connectivity index (χ0v) is 12.2. The fourth-order valence-corrected chi connectivity index (χ4v) is 3.29. The normalized spacial score (nSPS) is 23.9. The van der Waals surface area contributed by atoms with E-state index in [1.165, 1.54) is 38.5 Å². The van der Waals surface area contributed by atoms with Gasteiger partial charge in [-0.1, -0.05) is 12.8 Å². The average molecular weight is 268 g/mol. The van der Waals surface area contributed by atoms with Crippen molar-refractivity contribution in [3.05, 3.63) is 0 Å². The summed E-state index contributed by atoms with van der Waals surface area (Å²) in [5.41, 5.74) is 0. The highest BCUT2D eigenvalue weighted by Crippen LogP contribution is 2.28. The minimum absolute atomic E-state index is 0.331. The van der Waals surface area contributed by atoms with Crippen LogP contribution in [0.3, 0.4) is 0 Å². The van der Waals surface area contributed by atoms with Gasteiger partial charge in [0, 0.05) is 32.7 Å². The summed E-state index contributed by atoms with van der Waals surface area (Å²) in [7, 11) is 1.70. The molecule has 19 heavy (non-hydrogen) atoms. The van der Waals surface area contributed by atoms with Crippen LogP contribution in [0.2, 0.25) is 0 Å². The number of amides is 1. The van der Waals surface area contributed by atoms with Gasteiger partial charge >= 0.3 is 0 Å². The zero-order valence-electron chi connectivity index (χ0n) is 12.2. The van der Waals surface area contributed by atoms with Gasteiger partial charge in [0.15, 0.2) is 0 Å². The third-order valence-corrected chi connectivity index (χ3v) is 4.46. The molecule has 1 aliphatic heterocycles. The Hall–Kier alpha value is -0.610. The summed E-state index contributed by atoms with van der Waals surface area (Å²) in [6, 6.07) is 0.490. The van der Waals surface area contributed by atoms with Gasteiger partial charge < -0.3 is 15.0 Å². The molecule has 0 aromatic carbocycles. The number of carbonyl (C=O) groups excluding carboxylic acids is 1. The highest BCUT2D eigenvalue weighted by Gasteiger charge is 2.24. The first-order chi connectivity index (χ1) is 9.29. The number of ether oxygens (including phenoxy) is 1. The molecule has 0 aromatic heterocycles. The van der Waals surface area contributed by atoms with E-state index in [0.29, 0.717) is 24.5 Å². The Morgan fingerprint density at radius 3 is 2.68 bits per heavy atom. The van der Waals surface area contributed by atoms with Crippen LogP contribution >= 0.6 is 0 Å². The summed E-state index contributed by atoms with van der Waals surface area (Å²) in [4.78, 5) is 14.5. The van der Waals surface area contributed by atoms with Gasteiger partial charge in [0.2, 0.25) is 5.91 Å². The van der Waals surface area contributed by atoms with Crippen LogP contribution in [0.4, 0.5) is 0 Å². The van der Waals surface area contributed by atoms with E-state index in [1.807, 2.05) is 4.90 Å². The number of hydrogen-bond donors (Lipinski definition) is 1.